The van der Waals surface area contributed by atoms with Gasteiger partial charge in [0.15, 0.2) is 5.60 Å². The van der Waals surface area contributed by atoms with Gasteiger partial charge in [0.25, 0.3) is 0 Å². The van der Waals surface area contributed by atoms with E-state index in [0.29, 0.717) is 6.61 Å². The van der Waals surface area contributed by atoms with E-state index in [1.165, 1.54) is 0 Å². The molecule has 0 saturated heterocycles. The third kappa shape index (κ3) is 3.27. The van der Waals surface area contributed by atoms with E-state index in [1.54, 1.807) is 6.92 Å². The van der Waals surface area contributed by atoms with Crippen LogP contribution in [0.5, 0.6) is 0 Å². The van der Waals surface area contributed by atoms with E-state index in [2.05, 4.69) is 17.1 Å². The highest BCUT2D eigenvalue weighted by Gasteiger charge is 2.45. The van der Waals surface area contributed by atoms with Crippen LogP contribution in [0.1, 0.15) is 25.3 Å². The molecule has 4 nitrogen and oxygen atoms in total. The predicted molar refractivity (Wildman–Crippen MR) is 82.1 cm³/mol. The van der Waals surface area contributed by atoms with Gasteiger partial charge in [-0.25, -0.2) is 4.79 Å². The van der Waals surface area contributed by atoms with Crippen LogP contribution in [0, 0.1) is 0 Å². The number of carbonyl (C=O) groups is 1. The fourth-order valence-corrected chi connectivity index (χ4v) is 2.92. The van der Waals surface area contributed by atoms with Crippen molar-refractivity contribution in [3.63, 3.8) is 0 Å². The Hall–Kier alpha value is -1.81. The van der Waals surface area contributed by atoms with Gasteiger partial charge in [-0.15, -0.1) is 0 Å². The topological polar surface area (TPSA) is 38.8 Å². The average Bonchev–Trinajstić information content (AvgIpc) is 2.48. The van der Waals surface area contributed by atoms with Gasteiger partial charge in [-0.1, -0.05) is 42.5 Å². The quantitative estimate of drug-likeness (QED) is 0.629. The molecular weight excluding hydrogens is 266 g/mol. The summed E-state index contributed by atoms with van der Waals surface area (Å²) in [6.45, 7) is 2.09. The Morgan fingerprint density at radius 1 is 1.33 bits per heavy atom. The van der Waals surface area contributed by atoms with Crippen LogP contribution in [-0.2, 0) is 15.1 Å². The molecular formula is C17H23NO3. The van der Waals surface area contributed by atoms with Crippen LogP contribution in [0.25, 0.3) is 0 Å². The minimum Gasteiger partial charge on any atom is -0.435 e. The Bertz CT molecular complexity index is 498. The third-order valence-electron chi connectivity index (χ3n) is 3.82. The number of benzene rings is 1. The van der Waals surface area contributed by atoms with Crippen molar-refractivity contribution in [2.75, 3.05) is 20.7 Å². The Kier molecular flexibility index (Phi) is 5.02. The molecule has 1 aliphatic carbocycles. The van der Waals surface area contributed by atoms with Crippen LogP contribution in [0.3, 0.4) is 0 Å². The summed E-state index contributed by atoms with van der Waals surface area (Å²) in [7, 11) is 3.99. The second-order valence-electron chi connectivity index (χ2n) is 5.42. The second kappa shape index (κ2) is 6.76. The first-order valence-electron chi connectivity index (χ1n) is 7.34. The summed E-state index contributed by atoms with van der Waals surface area (Å²) >= 11 is 0. The second-order valence-corrected chi connectivity index (χ2v) is 5.42. The maximum absolute atomic E-state index is 12.0. The molecule has 1 aromatic rings. The van der Waals surface area contributed by atoms with Gasteiger partial charge < -0.3 is 9.47 Å². The third-order valence-corrected chi connectivity index (χ3v) is 3.82. The molecule has 0 aromatic heterocycles. The molecule has 0 bridgehead atoms. The summed E-state index contributed by atoms with van der Waals surface area (Å²) in [5.74, 6) is 0. The van der Waals surface area contributed by atoms with Gasteiger partial charge in [0.05, 0.1) is 12.6 Å². The number of allylic oxidation sites excluding steroid dienone is 1. The molecule has 0 fully saturated rings. The van der Waals surface area contributed by atoms with Crippen molar-refractivity contribution in [2.24, 2.45) is 0 Å². The SMILES string of the molecule is CCOC(=O)OC1(c2ccccc2)CCC=CC1N(C)C. The van der Waals surface area contributed by atoms with Gasteiger partial charge in [-0.2, -0.15) is 0 Å². The largest absolute Gasteiger partial charge is 0.509 e. The van der Waals surface area contributed by atoms with Crippen LogP contribution in [0.4, 0.5) is 4.79 Å². The molecule has 0 radical (unpaired) electrons. The fourth-order valence-electron chi connectivity index (χ4n) is 2.92. The molecule has 21 heavy (non-hydrogen) atoms. The first kappa shape index (κ1) is 15.6. The van der Waals surface area contributed by atoms with Crippen molar-refractivity contribution in [1.82, 2.24) is 4.90 Å². The van der Waals surface area contributed by atoms with E-state index >= 15 is 0 Å². The zero-order valence-corrected chi connectivity index (χ0v) is 12.9. The first-order valence-corrected chi connectivity index (χ1v) is 7.34. The van der Waals surface area contributed by atoms with Crippen molar-refractivity contribution in [3.05, 3.63) is 48.0 Å². The first-order chi connectivity index (χ1) is 10.1. The van der Waals surface area contributed by atoms with Crippen molar-refractivity contribution in [2.45, 2.75) is 31.4 Å². The van der Waals surface area contributed by atoms with E-state index in [0.717, 1.165) is 18.4 Å². The minimum atomic E-state index is -0.703. The van der Waals surface area contributed by atoms with E-state index in [4.69, 9.17) is 9.47 Å². The van der Waals surface area contributed by atoms with E-state index < -0.39 is 11.8 Å². The van der Waals surface area contributed by atoms with Gasteiger partial charge in [0.2, 0.25) is 0 Å². The molecule has 2 unspecified atom stereocenters. The van der Waals surface area contributed by atoms with Crippen LogP contribution in [0.2, 0.25) is 0 Å². The maximum Gasteiger partial charge on any atom is 0.509 e. The number of carbonyl (C=O) groups excluding carboxylic acids is 1. The molecule has 4 heteroatoms. The molecule has 1 aromatic carbocycles. The van der Waals surface area contributed by atoms with E-state index in [1.807, 2.05) is 44.4 Å². The minimum absolute atomic E-state index is 0.0157. The highest BCUT2D eigenvalue weighted by molar-refractivity contribution is 5.61. The van der Waals surface area contributed by atoms with Crippen LogP contribution < -0.4 is 0 Å². The lowest BCUT2D eigenvalue weighted by molar-refractivity contribution is -0.0757. The monoisotopic (exact) mass is 289 g/mol. The van der Waals surface area contributed by atoms with Crippen LogP contribution >= 0.6 is 0 Å². The summed E-state index contributed by atoms with van der Waals surface area (Å²) in [5.41, 5.74) is 0.298. The molecule has 0 aliphatic heterocycles. The van der Waals surface area contributed by atoms with E-state index in [9.17, 15) is 4.79 Å². The smallest absolute Gasteiger partial charge is 0.435 e. The summed E-state index contributed by atoms with van der Waals surface area (Å²) in [6, 6.07) is 9.90. The average molecular weight is 289 g/mol. The molecule has 2 atom stereocenters. The number of likely N-dealkylation sites (N-methyl/N-ethyl adjacent to an activating group) is 1. The number of hydrogen-bond donors (Lipinski definition) is 0. The summed E-state index contributed by atoms with van der Waals surface area (Å²) in [6.07, 6.45) is 5.26. The van der Waals surface area contributed by atoms with Crippen LogP contribution in [-0.4, -0.2) is 37.8 Å². The Morgan fingerprint density at radius 3 is 2.67 bits per heavy atom. The zero-order chi connectivity index (χ0) is 15.3. The number of nitrogens with zero attached hydrogens (tertiary/aromatic N) is 1. The molecule has 0 heterocycles. The predicted octanol–water partition coefficient (Wildman–Crippen LogP) is 3.34. The summed E-state index contributed by atoms with van der Waals surface area (Å²) in [4.78, 5) is 14.0. The number of hydrogen-bond acceptors (Lipinski definition) is 4. The van der Waals surface area contributed by atoms with Crippen molar-refractivity contribution in [3.8, 4) is 0 Å². The number of rotatable bonds is 4. The Morgan fingerprint density at radius 2 is 2.05 bits per heavy atom. The Balaban J connectivity index is 2.43. The maximum atomic E-state index is 12.0. The molecule has 1 aliphatic rings. The van der Waals surface area contributed by atoms with Crippen LogP contribution in [0.15, 0.2) is 42.5 Å². The van der Waals surface area contributed by atoms with Crippen molar-refractivity contribution < 1.29 is 14.3 Å². The van der Waals surface area contributed by atoms with Gasteiger partial charge in [-0.3, -0.25) is 4.90 Å². The molecule has 0 N–H and O–H groups in total. The van der Waals surface area contributed by atoms with Gasteiger partial charge in [0.1, 0.15) is 0 Å². The molecule has 0 amide bonds. The standard InChI is InChI=1S/C17H23NO3/c1-4-20-16(19)21-17(14-10-6-5-7-11-14)13-9-8-12-15(17)18(2)3/h5-8,10-12,15H,4,9,13H2,1-3H3. The molecule has 114 valence electrons. The lowest BCUT2D eigenvalue weighted by atomic mass is 9.78. The van der Waals surface area contributed by atoms with Gasteiger partial charge in [0, 0.05) is 0 Å². The highest BCUT2D eigenvalue weighted by atomic mass is 16.7. The highest BCUT2D eigenvalue weighted by Crippen LogP contribution is 2.40. The lowest BCUT2D eigenvalue weighted by Gasteiger charge is -2.43. The normalized spacial score (nSPS) is 24.9. The molecule has 0 saturated carbocycles. The summed E-state index contributed by atoms with van der Waals surface area (Å²) in [5, 5.41) is 0. The summed E-state index contributed by atoms with van der Waals surface area (Å²) < 4.78 is 10.8. The molecule has 0 spiro atoms. The van der Waals surface area contributed by atoms with Crippen molar-refractivity contribution in [1.29, 1.82) is 0 Å². The number of ether oxygens (including phenoxy) is 2. The van der Waals surface area contributed by atoms with Crippen molar-refractivity contribution >= 4 is 6.16 Å². The molecule has 2 rings (SSSR count). The van der Waals surface area contributed by atoms with Gasteiger partial charge in [-0.05, 0) is 39.4 Å². The fraction of sp³-hybridized carbons (Fsp3) is 0.471. The van der Waals surface area contributed by atoms with E-state index in [-0.39, 0.29) is 6.04 Å². The Labute approximate surface area is 126 Å². The zero-order valence-electron chi connectivity index (χ0n) is 12.9. The van der Waals surface area contributed by atoms with Gasteiger partial charge >= 0.3 is 6.16 Å². The lowest BCUT2D eigenvalue weighted by Crippen LogP contribution is -2.51.